The molecule has 1 heterocycles. The fraction of sp³-hybridized carbons (Fsp3) is 0.455. The van der Waals surface area contributed by atoms with E-state index in [1.807, 2.05) is 31.2 Å². The summed E-state index contributed by atoms with van der Waals surface area (Å²) in [5.74, 6) is 0.961. The fourth-order valence-electron chi connectivity index (χ4n) is 3.62. The molecule has 2 aromatic carbocycles. The van der Waals surface area contributed by atoms with Crippen molar-refractivity contribution in [2.75, 3.05) is 13.2 Å². The average Bonchev–Trinajstić information content (AvgIpc) is 2.68. The number of ether oxygens (including phenoxy) is 2. The topological polar surface area (TPSA) is 58.9 Å². The Morgan fingerprint density at radius 2 is 1.93 bits per heavy atom. The lowest BCUT2D eigenvalue weighted by molar-refractivity contribution is -0.113. The molecule has 0 aliphatic carbocycles. The second-order valence-electron chi connectivity index (χ2n) is 7.06. The van der Waals surface area contributed by atoms with Crippen molar-refractivity contribution in [3.05, 3.63) is 64.2 Å². The number of aliphatic hydroxyl groups excluding tert-OH is 2. The van der Waals surface area contributed by atoms with E-state index in [0.717, 1.165) is 22.4 Å². The molecule has 1 aliphatic heterocycles. The molecule has 0 bridgehead atoms. The molecule has 2 aromatic rings. The van der Waals surface area contributed by atoms with Crippen molar-refractivity contribution in [3.63, 3.8) is 0 Å². The second-order valence-corrected chi connectivity index (χ2v) is 7.47. The van der Waals surface area contributed by atoms with Gasteiger partial charge < -0.3 is 19.7 Å². The minimum Gasteiger partial charge on any atom is -0.494 e. The second kappa shape index (κ2) is 9.07. The Morgan fingerprint density at radius 1 is 1.19 bits per heavy atom. The van der Waals surface area contributed by atoms with E-state index in [4.69, 9.17) is 21.1 Å². The highest BCUT2D eigenvalue weighted by Gasteiger charge is 2.29. The molecule has 0 amide bonds. The van der Waals surface area contributed by atoms with Crippen molar-refractivity contribution in [1.82, 2.24) is 0 Å². The molecule has 0 aromatic heterocycles. The van der Waals surface area contributed by atoms with Crippen LogP contribution in [-0.4, -0.2) is 35.6 Å². The van der Waals surface area contributed by atoms with Crippen molar-refractivity contribution in [2.45, 2.75) is 50.9 Å². The van der Waals surface area contributed by atoms with Gasteiger partial charge in [-0.2, -0.15) is 0 Å². The van der Waals surface area contributed by atoms with Crippen LogP contribution < -0.4 is 4.74 Å². The summed E-state index contributed by atoms with van der Waals surface area (Å²) < 4.78 is 11.5. The molecule has 0 spiro atoms. The first kappa shape index (κ1) is 20.2. The highest BCUT2D eigenvalue weighted by molar-refractivity contribution is 6.31. The molecular weight excluding hydrogens is 364 g/mol. The zero-order chi connectivity index (χ0) is 19.4. The summed E-state index contributed by atoms with van der Waals surface area (Å²) in [7, 11) is 0. The van der Waals surface area contributed by atoms with Gasteiger partial charge in [0.2, 0.25) is 0 Å². The van der Waals surface area contributed by atoms with Gasteiger partial charge in [0.15, 0.2) is 0 Å². The van der Waals surface area contributed by atoms with Crippen LogP contribution in [0.5, 0.6) is 5.75 Å². The highest BCUT2D eigenvalue weighted by Crippen LogP contribution is 2.37. The van der Waals surface area contributed by atoms with Gasteiger partial charge in [-0.25, -0.2) is 0 Å². The maximum Gasteiger partial charge on any atom is 0.119 e. The third kappa shape index (κ3) is 4.82. The summed E-state index contributed by atoms with van der Waals surface area (Å²) in [6.07, 6.45) is -0.0511. The quantitative estimate of drug-likeness (QED) is 0.764. The number of aliphatic hydroxyl groups is 2. The molecule has 2 N–H and O–H groups in total. The third-order valence-corrected chi connectivity index (χ3v) is 5.48. The van der Waals surface area contributed by atoms with Crippen LogP contribution in [0.1, 0.15) is 55.4 Å². The SMILES string of the molecule is CCOc1ccc(C(C)c2cc(C3CC(O)CC(CO)O3)ccc2Cl)cc1. The van der Waals surface area contributed by atoms with E-state index in [1.165, 1.54) is 0 Å². The lowest BCUT2D eigenvalue weighted by Crippen LogP contribution is -2.33. The molecule has 3 rings (SSSR count). The van der Waals surface area contributed by atoms with E-state index >= 15 is 0 Å². The Hall–Kier alpha value is -1.59. The van der Waals surface area contributed by atoms with E-state index in [1.54, 1.807) is 0 Å². The Kier molecular flexibility index (Phi) is 6.77. The first-order valence-electron chi connectivity index (χ1n) is 9.48. The molecular formula is C22H27ClO4. The lowest BCUT2D eigenvalue weighted by Gasteiger charge is -2.33. The first-order chi connectivity index (χ1) is 13.0. The molecule has 1 saturated heterocycles. The maximum atomic E-state index is 10.1. The molecule has 4 atom stereocenters. The molecule has 1 aliphatic rings. The fourth-order valence-corrected chi connectivity index (χ4v) is 3.90. The largest absolute Gasteiger partial charge is 0.494 e. The third-order valence-electron chi connectivity index (χ3n) is 5.13. The van der Waals surface area contributed by atoms with Gasteiger partial charge in [0.1, 0.15) is 5.75 Å². The Bertz CT molecular complexity index is 746. The smallest absolute Gasteiger partial charge is 0.119 e. The number of hydrogen-bond donors (Lipinski definition) is 2. The average molecular weight is 391 g/mol. The van der Waals surface area contributed by atoms with Crippen LogP contribution >= 0.6 is 11.6 Å². The standard InChI is InChI=1S/C22H27ClO4/c1-3-26-18-7-4-15(5-8-18)14(2)20-10-16(6-9-21(20)23)22-12-17(25)11-19(13-24)27-22/h4-10,14,17,19,22,24-25H,3,11-13H2,1-2H3. The molecule has 5 heteroatoms. The van der Waals surface area contributed by atoms with Crippen LogP contribution in [0.4, 0.5) is 0 Å². The van der Waals surface area contributed by atoms with E-state index in [0.29, 0.717) is 24.5 Å². The van der Waals surface area contributed by atoms with Gasteiger partial charge in [-0.3, -0.25) is 0 Å². The van der Waals surface area contributed by atoms with Crippen LogP contribution in [0.3, 0.4) is 0 Å². The summed E-state index contributed by atoms with van der Waals surface area (Å²) >= 11 is 6.49. The van der Waals surface area contributed by atoms with E-state index in [2.05, 4.69) is 25.1 Å². The van der Waals surface area contributed by atoms with Crippen molar-refractivity contribution in [3.8, 4) is 5.75 Å². The van der Waals surface area contributed by atoms with Crippen molar-refractivity contribution >= 4 is 11.6 Å². The summed E-state index contributed by atoms with van der Waals surface area (Å²) in [5.41, 5.74) is 3.14. The van der Waals surface area contributed by atoms with Crippen molar-refractivity contribution < 1.29 is 19.7 Å². The number of hydrogen-bond acceptors (Lipinski definition) is 4. The highest BCUT2D eigenvalue weighted by atomic mass is 35.5. The van der Waals surface area contributed by atoms with Crippen LogP contribution in [-0.2, 0) is 4.74 Å². The zero-order valence-corrected chi connectivity index (χ0v) is 16.5. The predicted molar refractivity (Wildman–Crippen MR) is 107 cm³/mol. The summed E-state index contributed by atoms with van der Waals surface area (Å²) in [6.45, 7) is 4.64. The lowest BCUT2D eigenvalue weighted by atomic mass is 9.89. The van der Waals surface area contributed by atoms with Crippen LogP contribution in [0.15, 0.2) is 42.5 Å². The van der Waals surface area contributed by atoms with Crippen LogP contribution in [0, 0.1) is 0 Å². The minimum absolute atomic E-state index is 0.0867. The Balaban J connectivity index is 1.84. The number of rotatable bonds is 6. The zero-order valence-electron chi connectivity index (χ0n) is 15.8. The molecule has 4 unspecified atom stereocenters. The molecule has 0 saturated carbocycles. The van der Waals surface area contributed by atoms with Gasteiger partial charge in [0.25, 0.3) is 0 Å². The minimum atomic E-state index is -0.469. The monoisotopic (exact) mass is 390 g/mol. The molecule has 27 heavy (non-hydrogen) atoms. The van der Waals surface area contributed by atoms with Gasteiger partial charge >= 0.3 is 0 Å². The predicted octanol–water partition coefficient (Wildman–Crippen LogP) is 4.46. The number of benzene rings is 2. The van der Waals surface area contributed by atoms with Crippen molar-refractivity contribution in [2.24, 2.45) is 0 Å². The molecule has 146 valence electrons. The van der Waals surface area contributed by atoms with Crippen LogP contribution in [0.25, 0.3) is 0 Å². The van der Waals surface area contributed by atoms with Gasteiger partial charge in [-0.1, -0.05) is 42.8 Å². The van der Waals surface area contributed by atoms with Gasteiger partial charge in [-0.15, -0.1) is 0 Å². The Labute approximate surface area is 165 Å². The van der Waals surface area contributed by atoms with Crippen molar-refractivity contribution in [1.29, 1.82) is 0 Å². The summed E-state index contributed by atoms with van der Waals surface area (Å²) in [6, 6.07) is 13.9. The van der Waals surface area contributed by atoms with Gasteiger partial charge in [-0.05, 0) is 41.8 Å². The first-order valence-corrected chi connectivity index (χ1v) is 9.86. The van der Waals surface area contributed by atoms with E-state index in [-0.39, 0.29) is 24.7 Å². The van der Waals surface area contributed by atoms with E-state index in [9.17, 15) is 10.2 Å². The molecule has 0 radical (unpaired) electrons. The van der Waals surface area contributed by atoms with Gasteiger partial charge in [0.05, 0.1) is 31.5 Å². The van der Waals surface area contributed by atoms with E-state index < -0.39 is 6.10 Å². The number of halogens is 1. The molecule has 1 fully saturated rings. The summed E-state index contributed by atoms with van der Waals surface area (Å²) in [5, 5.41) is 20.2. The Morgan fingerprint density at radius 3 is 2.59 bits per heavy atom. The summed E-state index contributed by atoms with van der Waals surface area (Å²) in [4.78, 5) is 0. The molecule has 4 nitrogen and oxygen atoms in total. The van der Waals surface area contributed by atoms with Crippen LogP contribution in [0.2, 0.25) is 5.02 Å². The normalized spacial score (nSPS) is 23.8. The van der Waals surface area contributed by atoms with Gasteiger partial charge in [0, 0.05) is 23.8 Å². The maximum absolute atomic E-state index is 10.1.